The number of fused-ring (bicyclic) bond motifs is 3. The molecule has 0 saturated heterocycles. The van der Waals surface area contributed by atoms with Crippen LogP contribution in [0.2, 0.25) is 0 Å². The third-order valence-electron chi connectivity index (χ3n) is 6.98. The summed E-state index contributed by atoms with van der Waals surface area (Å²) in [5.41, 5.74) is 9.58. The predicted molar refractivity (Wildman–Crippen MR) is 146 cm³/mol. The third kappa shape index (κ3) is 5.56. The zero-order chi connectivity index (χ0) is 26.5. The quantitative estimate of drug-likeness (QED) is 0.202. The number of carboxylic acid groups (broad SMARTS) is 1. The first-order chi connectivity index (χ1) is 18.5. The Bertz CT molecular complexity index is 1400. The van der Waals surface area contributed by atoms with Crippen molar-refractivity contribution in [3.8, 4) is 11.5 Å². The smallest absolute Gasteiger partial charge is 0.326 e. The summed E-state index contributed by atoms with van der Waals surface area (Å²) in [6.45, 7) is 0.491. The molecule has 0 fully saturated rings. The molecule has 3 atom stereocenters. The number of para-hydroxylation sites is 2. The number of aliphatic carboxylic acids is 1. The van der Waals surface area contributed by atoms with Crippen LogP contribution in [0.25, 0.3) is 10.9 Å². The lowest BCUT2D eigenvalue weighted by Crippen LogP contribution is -2.53. The van der Waals surface area contributed by atoms with Crippen LogP contribution in [0.3, 0.4) is 0 Å². The summed E-state index contributed by atoms with van der Waals surface area (Å²) in [6.07, 6.45) is 2.15. The molecule has 0 spiro atoms. The number of hydrogen-bond donors (Lipinski definition) is 5. The number of unbranched alkanes of at least 4 members (excludes halogenated alkanes) is 1. The summed E-state index contributed by atoms with van der Waals surface area (Å²) in [6, 6.07) is 23.6. The van der Waals surface area contributed by atoms with Crippen LogP contribution in [-0.2, 0) is 16.0 Å². The van der Waals surface area contributed by atoms with E-state index in [2.05, 4.69) is 15.6 Å². The number of nitrogens with one attached hydrogen (secondary N) is 3. The largest absolute Gasteiger partial charge is 0.480 e. The van der Waals surface area contributed by atoms with Gasteiger partial charge in [0.25, 0.3) is 0 Å². The molecule has 6 N–H and O–H groups in total. The molecule has 196 valence electrons. The molecule has 3 unspecified atom stereocenters. The summed E-state index contributed by atoms with van der Waals surface area (Å²) in [5.74, 6) is 0.105. The van der Waals surface area contributed by atoms with Crippen molar-refractivity contribution in [1.29, 1.82) is 0 Å². The number of nitrogens with two attached hydrogens (primary N) is 1. The van der Waals surface area contributed by atoms with E-state index in [1.165, 1.54) is 0 Å². The molecule has 0 aliphatic carbocycles. The Hall–Kier alpha value is -4.14. The Morgan fingerprint density at radius 3 is 2.42 bits per heavy atom. The summed E-state index contributed by atoms with van der Waals surface area (Å²) in [5, 5.41) is 17.0. The van der Waals surface area contributed by atoms with Crippen molar-refractivity contribution >= 4 is 22.8 Å². The second kappa shape index (κ2) is 11.5. The number of aromatic nitrogens is 1. The summed E-state index contributed by atoms with van der Waals surface area (Å²) in [7, 11) is 0. The normalized spacial score (nSPS) is 17.5. The van der Waals surface area contributed by atoms with Gasteiger partial charge in [0.05, 0.1) is 12.1 Å². The molecule has 1 aromatic heterocycles. The van der Waals surface area contributed by atoms with Crippen LogP contribution in [0.1, 0.15) is 42.1 Å². The van der Waals surface area contributed by atoms with E-state index in [1.54, 1.807) is 0 Å². The molecule has 1 aliphatic heterocycles. The van der Waals surface area contributed by atoms with Crippen LogP contribution in [0.5, 0.6) is 11.5 Å². The Morgan fingerprint density at radius 1 is 0.974 bits per heavy atom. The molecule has 4 aromatic rings. The monoisotopic (exact) mass is 512 g/mol. The maximum Gasteiger partial charge on any atom is 0.326 e. The van der Waals surface area contributed by atoms with E-state index in [0.717, 1.165) is 33.5 Å². The lowest BCUT2D eigenvalue weighted by atomic mass is 9.90. The molecule has 2 heterocycles. The molecule has 5 rings (SSSR count). The maximum absolute atomic E-state index is 13.4. The SMILES string of the molecule is NCCCCC(NC(=O)C1Cc2c([nH]c3ccccc23)C(c2ccc(Oc3ccccc3)cc2)N1)C(=O)O. The second-order valence-electron chi connectivity index (χ2n) is 9.59. The van der Waals surface area contributed by atoms with Crippen molar-refractivity contribution in [2.45, 2.75) is 43.8 Å². The standard InChI is InChI=1S/C30H32N4O4/c31-17-7-6-12-25(30(36)37)34-29(35)26-18-23-22-10-4-5-11-24(22)32-28(23)27(33-26)19-13-15-21(16-14-19)38-20-8-2-1-3-9-20/h1-5,8-11,13-16,25-27,32-33H,6-7,12,17-18,31H2,(H,34,35)(H,36,37). The summed E-state index contributed by atoms with van der Waals surface area (Å²) in [4.78, 5) is 28.7. The number of benzene rings is 3. The van der Waals surface area contributed by atoms with Crippen molar-refractivity contribution in [3.05, 3.63) is 95.7 Å². The van der Waals surface area contributed by atoms with Gasteiger partial charge in [-0.15, -0.1) is 0 Å². The average Bonchev–Trinajstić information content (AvgIpc) is 3.32. The van der Waals surface area contributed by atoms with Crippen molar-refractivity contribution in [2.75, 3.05) is 6.54 Å². The second-order valence-corrected chi connectivity index (χ2v) is 9.59. The van der Waals surface area contributed by atoms with Gasteiger partial charge in [-0.1, -0.05) is 48.5 Å². The van der Waals surface area contributed by atoms with Crippen LogP contribution < -0.4 is 21.1 Å². The van der Waals surface area contributed by atoms with Gasteiger partial charge in [0.2, 0.25) is 5.91 Å². The molecule has 3 aromatic carbocycles. The van der Waals surface area contributed by atoms with Crippen LogP contribution in [0, 0.1) is 0 Å². The number of H-pyrrole nitrogens is 1. The molecule has 0 bridgehead atoms. The highest BCUT2D eigenvalue weighted by atomic mass is 16.5. The molecular formula is C30H32N4O4. The van der Waals surface area contributed by atoms with E-state index in [1.807, 2.05) is 78.9 Å². The highest BCUT2D eigenvalue weighted by Gasteiger charge is 2.35. The first-order valence-corrected chi connectivity index (χ1v) is 12.9. The summed E-state index contributed by atoms with van der Waals surface area (Å²) < 4.78 is 5.95. The zero-order valence-corrected chi connectivity index (χ0v) is 21.0. The highest BCUT2D eigenvalue weighted by Crippen LogP contribution is 2.36. The Kier molecular flexibility index (Phi) is 7.72. The number of rotatable bonds is 10. The molecule has 1 amide bonds. The van der Waals surface area contributed by atoms with E-state index < -0.39 is 18.1 Å². The Balaban J connectivity index is 1.41. The van der Waals surface area contributed by atoms with Crippen molar-refractivity contribution in [3.63, 3.8) is 0 Å². The number of amides is 1. The Morgan fingerprint density at radius 2 is 1.68 bits per heavy atom. The average molecular weight is 513 g/mol. The van der Waals surface area contributed by atoms with Gasteiger partial charge in [0.15, 0.2) is 0 Å². The molecule has 0 saturated carbocycles. The summed E-state index contributed by atoms with van der Waals surface area (Å²) >= 11 is 0. The van der Waals surface area contributed by atoms with Gasteiger partial charge in [0, 0.05) is 16.6 Å². The minimum Gasteiger partial charge on any atom is -0.480 e. The van der Waals surface area contributed by atoms with Crippen molar-refractivity contribution in [1.82, 2.24) is 15.6 Å². The molecule has 38 heavy (non-hydrogen) atoms. The third-order valence-corrected chi connectivity index (χ3v) is 6.98. The van der Waals surface area contributed by atoms with Gasteiger partial charge in [-0.05, 0) is 73.7 Å². The van der Waals surface area contributed by atoms with Crippen molar-refractivity contribution in [2.24, 2.45) is 5.73 Å². The Labute approximate surface area is 221 Å². The van der Waals surface area contributed by atoms with Gasteiger partial charge in [-0.3, -0.25) is 10.1 Å². The molecule has 1 aliphatic rings. The first kappa shape index (κ1) is 25.5. The van der Waals surface area contributed by atoms with Crippen LogP contribution in [-0.4, -0.2) is 40.6 Å². The van der Waals surface area contributed by atoms with Crippen LogP contribution in [0.15, 0.2) is 78.9 Å². The number of ether oxygens (including phenoxy) is 1. The van der Waals surface area contributed by atoms with Crippen LogP contribution in [0.4, 0.5) is 0 Å². The number of carbonyl (C=O) groups excluding carboxylic acids is 1. The predicted octanol–water partition coefficient (Wildman–Crippen LogP) is 4.26. The lowest BCUT2D eigenvalue weighted by molar-refractivity contribution is -0.142. The molecule has 8 nitrogen and oxygen atoms in total. The van der Waals surface area contributed by atoms with Gasteiger partial charge in [-0.25, -0.2) is 4.79 Å². The van der Waals surface area contributed by atoms with Gasteiger partial charge < -0.3 is 25.9 Å². The molecular weight excluding hydrogens is 480 g/mol. The minimum absolute atomic E-state index is 0.284. The van der Waals surface area contributed by atoms with Crippen molar-refractivity contribution < 1.29 is 19.4 Å². The van der Waals surface area contributed by atoms with E-state index in [4.69, 9.17) is 10.5 Å². The fraction of sp³-hybridized carbons (Fsp3) is 0.267. The van der Waals surface area contributed by atoms with Crippen LogP contribution >= 0.6 is 0 Å². The fourth-order valence-corrected chi connectivity index (χ4v) is 5.04. The van der Waals surface area contributed by atoms with E-state index in [-0.39, 0.29) is 11.9 Å². The van der Waals surface area contributed by atoms with E-state index in [9.17, 15) is 14.7 Å². The van der Waals surface area contributed by atoms with E-state index in [0.29, 0.717) is 38.0 Å². The van der Waals surface area contributed by atoms with Gasteiger partial charge in [0.1, 0.15) is 17.5 Å². The van der Waals surface area contributed by atoms with Gasteiger partial charge in [-0.2, -0.15) is 0 Å². The lowest BCUT2D eigenvalue weighted by Gasteiger charge is -2.32. The number of aromatic amines is 1. The van der Waals surface area contributed by atoms with Gasteiger partial charge >= 0.3 is 5.97 Å². The topological polar surface area (TPSA) is 129 Å². The first-order valence-electron chi connectivity index (χ1n) is 12.9. The maximum atomic E-state index is 13.4. The fourth-order valence-electron chi connectivity index (χ4n) is 5.04. The molecule has 8 heteroatoms. The number of hydrogen-bond acceptors (Lipinski definition) is 5. The number of carbonyl (C=O) groups is 2. The minimum atomic E-state index is -1.04. The number of carboxylic acids is 1. The zero-order valence-electron chi connectivity index (χ0n) is 21.0. The highest BCUT2D eigenvalue weighted by molar-refractivity contribution is 5.90. The molecule has 0 radical (unpaired) electrons. The van der Waals surface area contributed by atoms with E-state index >= 15 is 0 Å².